The summed E-state index contributed by atoms with van der Waals surface area (Å²) in [6.45, 7) is 4.33. The van der Waals surface area contributed by atoms with Crippen molar-refractivity contribution in [3.05, 3.63) is 81.8 Å². The molecular formula is C25H26Cl2N2O3. The maximum atomic E-state index is 6.53. The highest BCUT2D eigenvalue weighted by Crippen LogP contribution is 2.37. The van der Waals surface area contributed by atoms with Gasteiger partial charge in [0.1, 0.15) is 6.61 Å². The number of nitrogens with zero attached hydrogens (tertiary/aromatic N) is 1. The molecule has 168 valence electrons. The number of morpholine rings is 1. The monoisotopic (exact) mass is 472 g/mol. The molecule has 0 amide bonds. The fourth-order valence-corrected chi connectivity index (χ4v) is 4.07. The van der Waals surface area contributed by atoms with Crippen LogP contribution in [0.1, 0.15) is 11.1 Å². The lowest BCUT2D eigenvalue weighted by Gasteiger charge is -2.29. The summed E-state index contributed by atoms with van der Waals surface area (Å²) in [6.07, 6.45) is 0. The lowest BCUT2D eigenvalue weighted by atomic mass is 10.2. The Kier molecular flexibility index (Phi) is 7.63. The van der Waals surface area contributed by atoms with Crippen molar-refractivity contribution in [3.8, 4) is 11.5 Å². The van der Waals surface area contributed by atoms with Gasteiger partial charge in [-0.2, -0.15) is 0 Å². The van der Waals surface area contributed by atoms with Gasteiger partial charge in [-0.25, -0.2) is 0 Å². The minimum absolute atomic E-state index is 0.308. The normalized spacial score (nSPS) is 13.7. The molecule has 0 unspecified atom stereocenters. The van der Waals surface area contributed by atoms with Crippen LogP contribution in [0.2, 0.25) is 10.0 Å². The molecule has 0 saturated carbocycles. The molecule has 0 aromatic heterocycles. The number of hydrogen-bond donors (Lipinski definition) is 1. The summed E-state index contributed by atoms with van der Waals surface area (Å²) in [6, 6.07) is 19.8. The van der Waals surface area contributed by atoms with Crippen LogP contribution >= 0.6 is 23.2 Å². The molecule has 1 saturated heterocycles. The highest BCUT2D eigenvalue weighted by atomic mass is 35.5. The zero-order valence-electron chi connectivity index (χ0n) is 17.9. The zero-order chi connectivity index (χ0) is 22.3. The third-order valence-electron chi connectivity index (χ3n) is 5.36. The van der Waals surface area contributed by atoms with Crippen molar-refractivity contribution in [2.45, 2.75) is 13.2 Å². The summed E-state index contributed by atoms with van der Waals surface area (Å²) in [5.41, 5.74) is 4.13. The summed E-state index contributed by atoms with van der Waals surface area (Å²) >= 11 is 12.7. The van der Waals surface area contributed by atoms with Gasteiger partial charge in [-0.3, -0.25) is 0 Å². The molecule has 1 fully saturated rings. The van der Waals surface area contributed by atoms with Gasteiger partial charge in [-0.05, 0) is 48.0 Å². The Morgan fingerprint density at radius 3 is 2.44 bits per heavy atom. The van der Waals surface area contributed by atoms with Crippen LogP contribution in [-0.4, -0.2) is 33.4 Å². The van der Waals surface area contributed by atoms with Gasteiger partial charge in [-0.15, -0.1) is 0 Å². The maximum absolute atomic E-state index is 6.53. The molecule has 3 aromatic carbocycles. The molecule has 32 heavy (non-hydrogen) atoms. The standard InChI is InChI=1S/C25H26Cl2N2O3/c1-30-24-15-18(14-23(27)25(24)32-17-19-4-2-3-5-22(19)26)16-28-20-6-8-21(9-7-20)29-10-12-31-13-11-29/h2-9,14-15,28H,10-13,16-17H2,1H3. The molecule has 5 nitrogen and oxygen atoms in total. The number of anilines is 2. The van der Waals surface area contributed by atoms with Gasteiger partial charge in [0, 0.05) is 41.6 Å². The average molecular weight is 473 g/mol. The Morgan fingerprint density at radius 1 is 0.969 bits per heavy atom. The first-order chi connectivity index (χ1) is 15.6. The van der Waals surface area contributed by atoms with Crippen molar-refractivity contribution in [1.29, 1.82) is 0 Å². The van der Waals surface area contributed by atoms with Crippen LogP contribution in [0.25, 0.3) is 0 Å². The quantitative estimate of drug-likeness (QED) is 0.433. The van der Waals surface area contributed by atoms with Crippen LogP contribution in [0, 0.1) is 0 Å². The van der Waals surface area contributed by atoms with E-state index in [2.05, 4.69) is 34.5 Å². The number of nitrogens with one attached hydrogen (secondary N) is 1. The first-order valence-electron chi connectivity index (χ1n) is 10.5. The minimum atomic E-state index is 0.308. The molecular weight excluding hydrogens is 447 g/mol. The predicted octanol–water partition coefficient (Wildman–Crippen LogP) is 6.03. The van der Waals surface area contributed by atoms with Gasteiger partial charge < -0.3 is 24.4 Å². The lowest BCUT2D eigenvalue weighted by molar-refractivity contribution is 0.122. The van der Waals surface area contributed by atoms with E-state index in [0.717, 1.165) is 43.1 Å². The SMILES string of the molecule is COc1cc(CNc2ccc(N3CCOCC3)cc2)cc(Cl)c1OCc1ccccc1Cl. The number of ether oxygens (including phenoxy) is 3. The second kappa shape index (κ2) is 10.8. The summed E-state index contributed by atoms with van der Waals surface area (Å²) in [7, 11) is 1.61. The second-order valence-corrected chi connectivity index (χ2v) is 8.30. The highest BCUT2D eigenvalue weighted by Gasteiger charge is 2.14. The fourth-order valence-electron chi connectivity index (χ4n) is 3.60. The van der Waals surface area contributed by atoms with Gasteiger partial charge in [0.2, 0.25) is 0 Å². The van der Waals surface area contributed by atoms with Crippen molar-refractivity contribution in [1.82, 2.24) is 0 Å². The zero-order valence-corrected chi connectivity index (χ0v) is 19.5. The highest BCUT2D eigenvalue weighted by molar-refractivity contribution is 6.32. The Balaban J connectivity index is 1.39. The van der Waals surface area contributed by atoms with E-state index in [9.17, 15) is 0 Å². The Labute approximate surface area is 198 Å². The van der Waals surface area contributed by atoms with Gasteiger partial charge in [0.15, 0.2) is 11.5 Å². The predicted molar refractivity (Wildman–Crippen MR) is 131 cm³/mol. The van der Waals surface area contributed by atoms with Gasteiger partial charge in [0.05, 0.1) is 25.3 Å². The Bertz CT molecular complexity index is 1040. The molecule has 0 bridgehead atoms. The van der Waals surface area contributed by atoms with Crippen LogP contribution in [0.4, 0.5) is 11.4 Å². The molecule has 0 atom stereocenters. The number of hydrogen-bond acceptors (Lipinski definition) is 5. The molecule has 0 radical (unpaired) electrons. The average Bonchev–Trinajstić information content (AvgIpc) is 2.83. The van der Waals surface area contributed by atoms with Crippen LogP contribution in [0.3, 0.4) is 0 Å². The van der Waals surface area contributed by atoms with E-state index in [1.807, 2.05) is 36.4 Å². The first-order valence-corrected chi connectivity index (χ1v) is 11.3. The minimum Gasteiger partial charge on any atom is -0.493 e. The fraction of sp³-hybridized carbons (Fsp3) is 0.280. The molecule has 7 heteroatoms. The summed E-state index contributed by atoms with van der Waals surface area (Å²) in [5.74, 6) is 1.09. The Morgan fingerprint density at radius 2 is 1.72 bits per heavy atom. The van der Waals surface area contributed by atoms with E-state index in [4.69, 9.17) is 37.4 Å². The molecule has 1 N–H and O–H groups in total. The van der Waals surface area contributed by atoms with Crippen LogP contribution in [0.5, 0.6) is 11.5 Å². The van der Waals surface area contributed by atoms with Crippen LogP contribution in [0.15, 0.2) is 60.7 Å². The lowest BCUT2D eigenvalue weighted by Crippen LogP contribution is -2.36. The molecule has 4 rings (SSSR count). The molecule has 3 aromatic rings. The smallest absolute Gasteiger partial charge is 0.180 e. The van der Waals surface area contributed by atoms with E-state index in [1.54, 1.807) is 7.11 Å². The van der Waals surface area contributed by atoms with Crippen molar-refractivity contribution in [2.75, 3.05) is 43.6 Å². The number of benzene rings is 3. The summed E-state index contributed by atoms with van der Waals surface area (Å²) in [5, 5.41) is 4.59. The van der Waals surface area contributed by atoms with E-state index in [0.29, 0.717) is 34.7 Å². The molecule has 0 spiro atoms. The second-order valence-electron chi connectivity index (χ2n) is 7.49. The van der Waals surface area contributed by atoms with Gasteiger partial charge in [0.25, 0.3) is 0 Å². The topological polar surface area (TPSA) is 43.0 Å². The van der Waals surface area contributed by atoms with E-state index in [-0.39, 0.29) is 0 Å². The number of halogens is 2. The molecule has 1 aliphatic heterocycles. The van der Waals surface area contributed by atoms with Crippen molar-refractivity contribution >= 4 is 34.6 Å². The Hall–Kier alpha value is -2.60. The van der Waals surface area contributed by atoms with E-state index >= 15 is 0 Å². The van der Waals surface area contributed by atoms with Crippen molar-refractivity contribution < 1.29 is 14.2 Å². The largest absolute Gasteiger partial charge is 0.493 e. The molecule has 0 aliphatic carbocycles. The molecule has 1 aliphatic rings. The van der Waals surface area contributed by atoms with E-state index < -0.39 is 0 Å². The first kappa shape index (κ1) is 22.6. The maximum Gasteiger partial charge on any atom is 0.180 e. The van der Waals surface area contributed by atoms with Crippen molar-refractivity contribution in [3.63, 3.8) is 0 Å². The molecule has 1 heterocycles. The van der Waals surface area contributed by atoms with E-state index in [1.165, 1.54) is 5.69 Å². The van der Waals surface area contributed by atoms with Crippen molar-refractivity contribution in [2.24, 2.45) is 0 Å². The number of rotatable bonds is 8. The summed E-state index contributed by atoms with van der Waals surface area (Å²) in [4.78, 5) is 2.33. The van der Waals surface area contributed by atoms with Crippen LogP contribution < -0.4 is 19.7 Å². The van der Waals surface area contributed by atoms with Gasteiger partial charge in [-0.1, -0.05) is 41.4 Å². The number of methoxy groups -OCH3 is 1. The third kappa shape index (κ3) is 5.60. The van der Waals surface area contributed by atoms with Crippen LogP contribution in [-0.2, 0) is 17.9 Å². The van der Waals surface area contributed by atoms with Gasteiger partial charge >= 0.3 is 0 Å². The summed E-state index contributed by atoms with van der Waals surface area (Å²) < 4.78 is 16.9. The third-order valence-corrected chi connectivity index (χ3v) is 6.01.